The number of nitrogens with zero attached hydrogens (tertiary/aromatic N) is 6. The predicted molar refractivity (Wildman–Crippen MR) is 154 cm³/mol. The van der Waals surface area contributed by atoms with Crippen LogP contribution in [0.25, 0.3) is 22.3 Å². The minimum Gasteiger partial charge on any atom is -0.340 e. The summed E-state index contributed by atoms with van der Waals surface area (Å²) >= 11 is 0. The Kier molecular flexibility index (Phi) is 6.82. The highest BCUT2D eigenvalue weighted by Gasteiger charge is 2.23. The molecule has 5 aromatic rings. The number of para-hydroxylation sites is 1. The molecule has 1 saturated heterocycles. The molecule has 1 amide bonds. The summed E-state index contributed by atoms with van der Waals surface area (Å²) in [6.45, 7) is 4.77. The summed E-state index contributed by atoms with van der Waals surface area (Å²) in [6, 6.07) is 25.5. The van der Waals surface area contributed by atoms with Crippen molar-refractivity contribution in [1.29, 1.82) is 0 Å². The number of rotatable bonds is 6. The van der Waals surface area contributed by atoms with Gasteiger partial charge in [-0.25, -0.2) is 19.9 Å². The Morgan fingerprint density at radius 1 is 0.821 bits per heavy atom. The van der Waals surface area contributed by atoms with Crippen LogP contribution in [0.15, 0.2) is 91.3 Å². The minimum atomic E-state index is 0.0299. The third-order valence-electron chi connectivity index (χ3n) is 6.98. The van der Waals surface area contributed by atoms with Crippen LogP contribution in [0.5, 0.6) is 0 Å². The minimum absolute atomic E-state index is 0.0299. The number of carbonyl (C=O) groups is 1. The Bertz CT molecular complexity index is 1580. The fourth-order valence-electron chi connectivity index (χ4n) is 4.71. The molecular weight excluding hydrogens is 486 g/mol. The molecule has 3 heterocycles. The first-order valence-corrected chi connectivity index (χ1v) is 13.2. The Morgan fingerprint density at radius 3 is 2.23 bits per heavy atom. The summed E-state index contributed by atoms with van der Waals surface area (Å²) in [5.74, 6) is 2.14. The van der Waals surface area contributed by atoms with Crippen molar-refractivity contribution in [3.63, 3.8) is 0 Å². The van der Waals surface area contributed by atoms with E-state index in [9.17, 15) is 4.79 Å². The normalized spacial score (nSPS) is 13.5. The predicted octanol–water partition coefficient (Wildman–Crippen LogP) is 5.36. The van der Waals surface area contributed by atoms with Gasteiger partial charge in [0.2, 0.25) is 5.95 Å². The molecule has 8 nitrogen and oxygen atoms in total. The lowest BCUT2D eigenvalue weighted by Crippen LogP contribution is -2.49. The van der Waals surface area contributed by atoms with Crippen LogP contribution in [-0.4, -0.2) is 56.9 Å². The SMILES string of the molecule is CCc1cnc(N2CCN(C(=O)c3ccc(Nc4nc(-c5ccccc5)nc5ccccc45)cc3)CC2)nc1. The molecule has 0 radical (unpaired) electrons. The van der Waals surface area contributed by atoms with Crippen molar-refractivity contribution in [3.8, 4) is 11.4 Å². The molecule has 1 N–H and O–H groups in total. The fraction of sp³-hybridized carbons (Fsp3) is 0.194. The van der Waals surface area contributed by atoms with Gasteiger partial charge in [0.1, 0.15) is 5.82 Å². The number of aromatic nitrogens is 4. The van der Waals surface area contributed by atoms with E-state index in [1.165, 1.54) is 0 Å². The highest BCUT2D eigenvalue weighted by Crippen LogP contribution is 2.27. The largest absolute Gasteiger partial charge is 0.340 e. The standard InChI is InChI=1S/C31H29N7O/c1-2-22-20-32-31(33-21-22)38-18-16-37(17-19-38)30(39)24-12-14-25(15-13-24)34-29-26-10-6-7-11-27(26)35-28(36-29)23-8-4-3-5-9-23/h3-15,20-21H,2,16-19H2,1H3,(H,34,35,36). The molecule has 194 valence electrons. The maximum Gasteiger partial charge on any atom is 0.253 e. The van der Waals surface area contributed by atoms with E-state index in [1.54, 1.807) is 0 Å². The van der Waals surface area contributed by atoms with Crippen LogP contribution in [0, 0.1) is 0 Å². The second kappa shape index (κ2) is 10.9. The lowest BCUT2D eigenvalue weighted by atomic mass is 10.1. The van der Waals surface area contributed by atoms with E-state index in [1.807, 2.05) is 96.2 Å². The Balaban J connectivity index is 1.15. The number of fused-ring (bicyclic) bond motifs is 1. The molecule has 1 fully saturated rings. The van der Waals surface area contributed by atoms with Crippen molar-refractivity contribution in [2.75, 3.05) is 36.4 Å². The summed E-state index contributed by atoms with van der Waals surface area (Å²) in [4.78, 5) is 35.8. The number of nitrogens with one attached hydrogen (secondary N) is 1. The number of amides is 1. The molecule has 8 heteroatoms. The van der Waals surface area contributed by atoms with Crippen LogP contribution in [0.3, 0.4) is 0 Å². The van der Waals surface area contributed by atoms with E-state index in [4.69, 9.17) is 9.97 Å². The lowest BCUT2D eigenvalue weighted by Gasteiger charge is -2.34. The summed E-state index contributed by atoms with van der Waals surface area (Å²) in [6.07, 6.45) is 4.67. The van der Waals surface area contributed by atoms with Gasteiger partial charge < -0.3 is 15.1 Å². The van der Waals surface area contributed by atoms with E-state index in [0.29, 0.717) is 37.6 Å². The molecule has 0 saturated carbocycles. The van der Waals surface area contributed by atoms with Crippen molar-refractivity contribution < 1.29 is 4.79 Å². The van der Waals surface area contributed by atoms with Crippen LogP contribution < -0.4 is 10.2 Å². The third-order valence-corrected chi connectivity index (χ3v) is 6.98. The fourth-order valence-corrected chi connectivity index (χ4v) is 4.71. The van der Waals surface area contributed by atoms with Gasteiger partial charge in [0.05, 0.1) is 5.52 Å². The summed E-state index contributed by atoms with van der Waals surface area (Å²) < 4.78 is 0. The summed E-state index contributed by atoms with van der Waals surface area (Å²) in [7, 11) is 0. The topological polar surface area (TPSA) is 87.1 Å². The molecule has 0 spiro atoms. The number of aryl methyl sites for hydroxylation is 1. The second-order valence-electron chi connectivity index (χ2n) is 9.51. The lowest BCUT2D eigenvalue weighted by molar-refractivity contribution is 0.0746. The van der Waals surface area contributed by atoms with Crippen molar-refractivity contribution >= 4 is 34.3 Å². The zero-order valence-electron chi connectivity index (χ0n) is 21.8. The average molecular weight is 516 g/mol. The Hall–Kier alpha value is -4.85. The van der Waals surface area contributed by atoms with Gasteiger partial charge in [-0.15, -0.1) is 0 Å². The van der Waals surface area contributed by atoms with Crippen molar-refractivity contribution in [3.05, 3.63) is 102 Å². The van der Waals surface area contributed by atoms with E-state index in [-0.39, 0.29) is 5.91 Å². The molecule has 1 aliphatic heterocycles. The van der Waals surface area contributed by atoms with E-state index >= 15 is 0 Å². The third kappa shape index (κ3) is 5.27. The first-order valence-electron chi connectivity index (χ1n) is 13.2. The van der Waals surface area contributed by atoms with Gasteiger partial charge in [-0.1, -0.05) is 49.4 Å². The van der Waals surface area contributed by atoms with E-state index < -0.39 is 0 Å². The number of carbonyl (C=O) groups excluding carboxylic acids is 1. The van der Waals surface area contributed by atoms with E-state index in [0.717, 1.165) is 45.9 Å². The number of benzene rings is 3. The van der Waals surface area contributed by atoms with Crippen LogP contribution in [0.4, 0.5) is 17.5 Å². The number of hydrogen-bond donors (Lipinski definition) is 1. The van der Waals surface area contributed by atoms with E-state index in [2.05, 4.69) is 27.1 Å². The molecule has 6 rings (SSSR count). The number of anilines is 3. The highest BCUT2D eigenvalue weighted by molar-refractivity contribution is 5.95. The quantitative estimate of drug-likeness (QED) is 0.326. The van der Waals surface area contributed by atoms with Crippen LogP contribution in [-0.2, 0) is 6.42 Å². The maximum absolute atomic E-state index is 13.2. The van der Waals surface area contributed by atoms with Crippen LogP contribution in [0.2, 0.25) is 0 Å². The molecular formula is C31H29N7O. The van der Waals surface area contributed by atoms with Crippen LogP contribution >= 0.6 is 0 Å². The van der Waals surface area contributed by atoms with Crippen molar-refractivity contribution in [1.82, 2.24) is 24.8 Å². The summed E-state index contributed by atoms with van der Waals surface area (Å²) in [5.41, 5.74) is 4.46. The first-order chi connectivity index (χ1) is 19.2. The zero-order chi connectivity index (χ0) is 26.6. The molecule has 0 unspecified atom stereocenters. The Morgan fingerprint density at radius 2 is 1.51 bits per heavy atom. The van der Waals surface area contributed by atoms with Crippen LogP contribution in [0.1, 0.15) is 22.8 Å². The monoisotopic (exact) mass is 515 g/mol. The van der Waals surface area contributed by atoms with Gasteiger partial charge in [-0.2, -0.15) is 0 Å². The molecule has 1 aliphatic rings. The molecule has 0 bridgehead atoms. The van der Waals surface area contributed by atoms with Crippen molar-refractivity contribution in [2.24, 2.45) is 0 Å². The van der Waals surface area contributed by atoms with Gasteiger partial charge in [0.25, 0.3) is 5.91 Å². The van der Waals surface area contributed by atoms with Crippen molar-refractivity contribution in [2.45, 2.75) is 13.3 Å². The maximum atomic E-state index is 13.2. The van der Waals surface area contributed by atoms with Gasteiger partial charge in [0.15, 0.2) is 5.82 Å². The molecule has 0 aliphatic carbocycles. The van der Waals surface area contributed by atoms with Gasteiger partial charge >= 0.3 is 0 Å². The highest BCUT2D eigenvalue weighted by atomic mass is 16.2. The number of piperazine rings is 1. The molecule has 39 heavy (non-hydrogen) atoms. The molecule has 2 aromatic heterocycles. The van der Waals surface area contributed by atoms with Gasteiger partial charge in [0, 0.05) is 60.8 Å². The first kappa shape index (κ1) is 24.5. The molecule has 3 aromatic carbocycles. The number of hydrogen-bond acceptors (Lipinski definition) is 7. The second-order valence-corrected chi connectivity index (χ2v) is 9.51. The molecule has 0 atom stereocenters. The smallest absolute Gasteiger partial charge is 0.253 e. The zero-order valence-corrected chi connectivity index (χ0v) is 21.8. The van der Waals surface area contributed by atoms with Gasteiger partial charge in [-0.3, -0.25) is 4.79 Å². The Labute approximate surface area is 227 Å². The summed E-state index contributed by atoms with van der Waals surface area (Å²) in [5, 5.41) is 4.37. The average Bonchev–Trinajstić information content (AvgIpc) is 3.01. The van der Waals surface area contributed by atoms with Gasteiger partial charge in [-0.05, 0) is 48.4 Å².